The van der Waals surface area contributed by atoms with Crippen molar-refractivity contribution < 1.29 is 39.8 Å². The summed E-state index contributed by atoms with van der Waals surface area (Å²) < 4.78 is 11.3. The second kappa shape index (κ2) is 69.2. The van der Waals surface area contributed by atoms with Crippen molar-refractivity contribution in [2.45, 2.75) is 455 Å². The summed E-state index contributed by atoms with van der Waals surface area (Å²) in [6.45, 7) is 3.83. The fourth-order valence-electron chi connectivity index (χ4n) is 13.0. The Hall–Kier alpha value is -1.59. The smallest absolute Gasteiger partial charge is 0.220 e. The third-order valence-electron chi connectivity index (χ3n) is 19.2. The van der Waals surface area contributed by atoms with Gasteiger partial charge >= 0.3 is 0 Å². The van der Waals surface area contributed by atoms with Crippen LogP contribution in [0.15, 0.2) is 36.5 Å². The van der Waals surface area contributed by atoms with Gasteiger partial charge < -0.3 is 40.3 Å². The number of unbranched alkanes of at least 4 members (excludes halogenated alkanes) is 57. The molecule has 9 heteroatoms. The highest BCUT2D eigenvalue weighted by molar-refractivity contribution is 5.76. The van der Waals surface area contributed by atoms with E-state index < -0.39 is 49.5 Å². The van der Waals surface area contributed by atoms with Gasteiger partial charge in [0.2, 0.25) is 5.91 Å². The van der Waals surface area contributed by atoms with Gasteiger partial charge in [-0.3, -0.25) is 4.79 Å². The molecular weight excluding hydrogens is 1100 g/mol. The molecule has 0 saturated carbocycles. The molecule has 7 atom stereocenters. The molecule has 9 nitrogen and oxygen atoms in total. The first kappa shape index (κ1) is 85.4. The molecule has 0 bridgehead atoms. The maximum absolute atomic E-state index is 13.2. The minimum atomic E-state index is -1.58. The van der Waals surface area contributed by atoms with Crippen LogP contribution in [-0.2, 0) is 14.3 Å². The zero-order valence-corrected chi connectivity index (χ0v) is 59.2. The van der Waals surface area contributed by atoms with Gasteiger partial charge in [-0.25, -0.2) is 0 Å². The second-order valence-electron chi connectivity index (χ2n) is 27.9. The van der Waals surface area contributed by atoms with E-state index in [0.29, 0.717) is 6.42 Å². The third-order valence-corrected chi connectivity index (χ3v) is 19.2. The Morgan fingerprint density at radius 2 is 0.640 bits per heavy atom. The minimum Gasteiger partial charge on any atom is -0.394 e. The number of amides is 1. The molecular formula is C80H153NO8. The number of nitrogens with one attached hydrogen (secondary N) is 1. The van der Waals surface area contributed by atoms with Crippen molar-refractivity contribution >= 4 is 5.91 Å². The van der Waals surface area contributed by atoms with E-state index in [9.17, 15) is 30.3 Å². The lowest BCUT2D eigenvalue weighted by molar-refractivity contribution is -0.302. The number of carbonyl (C=O) groups is 1. The van der Waals surface area contributed by atoms with E-state index in [2.05, 4.69) is 43.5 Å². The van der Waals surface area contributed by atoms with Gasteiger partial charge in [-0.05, 0) is 44.9 Å². The van der Waals surface area contributed by atoms with E-state index in [1.54, 1.807) is 6.08 Å². The maximum Gasteiger partial charge on any atom is 0.220 e. The molecule has 0 spiro atoms. The number of aliphatic hydroxyl groups is 5. The summed E-state index contributed by atoms with van der Waals surface area (Å²) in [5.41, 5.74) is 0. The Kier molecular flexibility index (Phi) is 66.5. The molecule has 0 aromatic rings. The normalized spacial score (nSPS) is 17.9. The van der Waals surface area contributed by atoms with Crippen molar-refractivity contribution in [3.63, 3.8) is 0 Å². The molecule has 89 heavy (non-hydrogen) atoms. The van der Waals surface area contributed by atoms with Crippen LogP contribution in [0.3, 0.4) is 0 Å². The Bertz CT molecular complexity index is 1500. The van der Waals surface area contributed by atoms with Gasteiger partial charge in [0.05, 0.1) is 25.4 Å². The van der Waals surface area contributed by atoms with Crippen LogP contribution < -0.4 is 5.32 Å². The number of hydrogen-bond acceptors (Lipinski definition) is 8. The van der Waals surface area contributed by atoms with E-state index in [4.69, 9.17) is 9.47 Å². The number of rotatable bonds is 71. The zero-order chi connectivity index (χ0) is 64.2. The lowest BCUT2D eigenvalue weighted by Gasteiger charge is -2.40. The first-order chi connectivity index (χ1) is 43.8. The van der Waals surface area contributed by atoms with Crippen LogP contribution in [0.25, 0.3) is 0 Å². The molecule has 1 heterocycles. The summed E-state index contributed by atoms with van der Waals surface area (Å²) in [7, 11) is 0. The van der Waals surface area contributed by atoms with E-state index in [1.165, 1.54) is 347 Å². The molecule has 0 aliphatic carbocycles. The Balaban J connectivity index is 2.09. The van der Waals surface area contributed by atoms with Crippen molar-refractivity contribution in [1.82, 2.24) is 5.32 Å². The maximum atomic E-state index is 13.2. The fraction of sp³-hybridized carbons (Fsp3) is 0.912. The molecule has 0 radical (unpaired) electrons. The average Bonchev–Trinajstić information content (AvgIpc) is 2.47. The highest BCUT2D eigenvalue weighted by atomic mass is 16.7. The summed E-state index contributed by atoms with van der Waals surface area (Å²) in [5.74, 6) is -0.182. The largest absolute Gasteiger partial charge is 0.394 e. The van der Waals surface area contributed by atoms with Crippen molar-refractivity contribution in [2.75, 3.05) is 13.2 Å². The van der Waals surface area contributed by atoms with Crippen LogP contribution in [0.2, 0.25) is 0 Å². The molecule has 6 N–H and O–H groups in total. The van der Waals surface area contributed by atoms with Gasteiger partial charge in [0, 0.05) is 6.42 Å². The molecule has 1 amide bonds. The fourth-order valence-corrected chi connectivity index (χ4v) is 13.0. The standard InChI is InChI=1S/C80H153NO8/c1-3-5-7-9-11-13-15-17-19-21-23-25-27-29-31-33-35-37-38-40-42-44-46-48-50-52-54-56-58-60-62-64-66-68-70-76(84)81-73(72-88-80-79(87)78(86)77(85)75(71-82)89-80)74(83)69-67-65-63-61-59-57-55-53-51-49-47-45-43-41-39-36-34-32-30-28-26-24-22-20-18-16-14-12-10-8-6-4-2/h51,53,59,61,67,69,73-75,77-80,82-83,85-87H,3-50,52,54-58,60,62-66,68,70-72H2,1-2H3,(H,81,84)/b53-51+,61-59+,69-67+. The molecule has 0 aromatic carbocycles. The van der Waals surface area contributed by atoms with Gasteiger partial charge in [-0.1, -0.05) is 397 Å². The number of allylic oxidation sites excluding steroid dienone is 5. The molecule has 0 aromatic heterocycles. The quantitative estimate of drug-likeness (QED) is 0.0261. The Morgan fingerprint density at radius 3 is 0.944 bits per heavy atom. The molecule has 1 rings (SSSR count). The summed E-state index contributed by atoms with van der Waals surface area (Å²) in [6.07, 6.45) is 87.4. The number of aliphatic hydroxyl groups excluding tert-OH is 5. The molecule has 1 aliphatic rings. The van der Waals surface area contributed by atoms with Crippen LogP contribution in [0.1, 0.15) is 412 Å². The van der Waals surface area contributed by atoms with E-state index in [1.807, 2.05) is 6.08 Å². The van der Waals surface area contributed by atoms with Crippen molar-refractivity contribution in [1.29, 1.82) is 0 Å². The first-order valence-electron chi connectivity index (χ1n) is 39.7. The predicted molar refractivity (Wildman–Crippen MR) is 383 cm³/mol. The van der Waals surface area contributed by atoms with E-state index >= 15 is 0 Å². The Morgan fingerprint density at radius 1 is 0.371 bits per heavy atom. The van der Waals surface area contributed by atoms with Crippen LogP contribution in [0, 0.1) is 0 Å². The van der Waals surface area contributed by atoms with Gasteiger partial charge in [0.1, 0.15) is 24.4 Å². The number of carbonyl (C=O) groups excluding carboxylic acids is 1. The molecule has 1 fully saturated rings. The highest BCUT2D eigenvalue weighted by Crippen LogP contribution is 2.24. The van der Waals surface area contributed by atoms with Gasteiger partial charge in [-0.2, -0.15) is 0 Å². The van der Waals surface area contributed by atoms with Crippen LogP contribution in [0.5, 0.6) is 0 Å². The van der Waals surface area contributed by atoms with Crippen molar-refractivity contribution in [3.05, 3.63) is 36.5 Å². The SMILES string of the molecule is CCCCCCCCCCCCCCCCCCCCCCCC/C=C/CC/C=C/CC/C=C/C(O)C(COC1OC(CO)C(O)C(O)C1O)NC(=O)CCCCCCCCCCCCCCCCCCCCCCCCCCCCCCCCCCCC. The van der Waals surface area contributed by atoms with Gasteiger partial charge in [0.15, 0.2) is 6.29 Å². The molecule has 526 valence electrons. The Labute approximate surface area is 552 Å². The minimum absolute atomic E-state index is 0.182. The van der Waals surface area contributed by atoms with E-state index in [0.717, 1.165) is 44.9 Å². The summed E-state index contributed by atoms with van der Waals surface area (Å²) in [4.78, 5) is 13.2. The summed E-state index contributed by atoms with van der Waals surface area (Å²) >= 11 is 0. The lowest BCUT2D eigenvalue weighted by atomic mass is 9.99. The van der Waals surface area contributed by atoms with Crippen molar-refractivity contribution in [2.24, 2.45) is 0 Å². The van der Waals surface area contributed by atoms with Crippen LogP contribution in [-0.4, -0.2) is 87.5 Å². The summed E-state index contributed by atoms with van der Waals surface area (Å²) in [5, 5.41) is 54.8. The van der Waals surface area contributed by atoms with Crippen molar-refractivity contribution in [3.8, 4) is 0 Å². The topological polar surface area (TPSA) is 149 Å². The monoisotopic (exact) mass is 1260 g/mol. The first-order valence-corrected chi connectivity index (χ1v) is 39.7. The highest BCUT2D eigenvalue weighted by Gasteiger charge is 2.44. The van der Waals surface area contributed by atoms with E-state index in [-0.39, 0.29) is 12.5 Å². The molecule has 7 unspecified atom stereocenters. The predicted octanol–water partition coefficient (Wildman–Crippen LogP) is 22.5. The summed E-state index contributed by atoms with van der Waals surface area (Å²) in [6, 6.07) is -0.829. The number of ether oxygens (including phenoxy) is 2. The van der Waals surface area contributed by atoms with Crippen LogP contribution >= 0.6 is 0 Å². The second-order valence-corrected chi connectivity index (χ2v) is 27.9. The van der Waals surface area contributed by atoms with Crippen LogP contribution in [0.4, 0.5) is 0 Å². The average molecular weight is 1260 g/mol. The molecule has 1 saturated heterocycles. The lowest BCUT2D eigenvalue weighted by Crippen LogP contribution is -2.60. The number of hydrogen-bond donors (Lipinski definition) is 6. The van der Waals surface area contributed by atoms with Gasteiger partial charge in [-0.15, -0.1) is 0 Å². The third kappa shape index (κ3) is 57.6. The van der Waals surface area contributed by atoms with Gasteiger partial charge in [0.25, 0.3) is 0 Å². The zero-order valence-electron chi connectivity index (χ0n) is 59.2. The molecule has 1 aliphatic heterocycles.